The Morgan fingerprint density at radius 2 is 2.04 bits per heavy atom. The Kier molecular flexibility index (Phi) is 4.57. The first-order chi connectivity index (χ1) is 11.6. The molecule has 0 saturated heterocycles. The smallest absolute Gasteiger partial charge is 0.220 e. The number of fused-ring (bicyclic) bond motifs is 1. The fraction of sp³-hybridized carbons (Fsp3) is 0.368. The van der Waals surface area contributed by atoms with E-state index in [2.05, 4.69) is 26.4 Å². The molecular weight excluding hydrogens is 300 g/mol. The number of hydrogen-bond acceptors (Lipinski definition) is 4. The molecule has 1 aromatic carbocycles. The minimum Gasteiger partial charge on any atom is -0.348 e. The topological polar surface area (TPSA) is 66.7 Å². The molecule has 0 aliphatic carbocycles. The number of hydrogen-bond donors (Lipinski definition) is 1. The number of pyridine rings is 1. The zero-order valence-corrected chi connectivity index (χ0v) is 13.7. The summed E-state index contributed by atoms with van der Waals surface area (Å²) in [6.45, 7) is 1.94. The molecular formula is C19H20N4O. The molecule has 1 amide bonds. The Hall–Kier alpha value is -2.74. The van der Waals surface area contributed by atoms with Crippen LogP contribution in [0.25, 0.3) is 10.8 Å². The monoisotopic (exact) mass is 320 g/mol. The number of terminal acetylenes is 1. The van der Waals surface area contributed by atoms with Gasteiger partial charge in [0.15, 0.2) is 5.66 Å². The van der Waals surface area contributed by atoms with E-state index in [4.69, 9.17) is 6.42 Å². The third kappa shape index (κ3) is 3.77. The van der Waals surface area contributed by atoms with Gasteiger partial charge in [0, 0.05) is 37.3 Å². The molecule has 1 atom stereocenters. The molecule has 0 bridgehead atoms. The first-order valence-corrected chi connectivity index (χ1v) is 8.13. The van der Waals surface area contributed by atoms with Crippen molar-refractivity contribution in [3.8, 4) is 12.3 Å². The van der Waals surface area contributed by atoms with Gasteiger partial charge in [0.2, 0.25) is 5.91 Å². The van der Waals surface area contributed by atoms with Gasteiger partial charge in [-0.15, -0.1) is 12.3 Å². The molecule has 122 valence electrons. The number of aromatic nitrogens is 1. The van der Waals surface area contributed by atoms with Gasteiger partial charge in [-0.1, -0.05) is 24.3 Å². The summed E-state index contributed by atoms with van der Waals surface area (Å²) < 4.78 is 0. The quantitative estimate of drug-likeness (QED) is 0.789. The van der Waals surface area contributed by atoms with Gasteiger partial charge in [0.25, 0.3) is 0 Å². The highest BCUT2D eigenvalue weighted by atomic mass is 16.1. The first kappa shape index (κ1) is 16.1. The second-order valence-corrected chi connectivity index (χ2v) is 6.13. The lowest BCUT2D eigenvalue weighted by Crippen LogP contribution is -2.28. The number of carbonyl (C=O) groups is 1. The average molecular weight is 320 g/mol. The lowest BCUT2D eigenvalue weighted by Gasteiger charge is -2.15. The van der Waals surface area contributed by atoms with Gasteiger partial charge < -0.3 is 5.32 Å². The largest absolute Gasteiger partial charge is 0.348 e. The maximum absolute atomic E-state index is 12.2. The highest BCUT2D eigenvalue weighted by Gasteiger charge is 2.39. The fourth-order valence-corrected chi connectivity index (χ4v) is 2.71. The van der Waals surface area contributed by atoms with E-state index in [1.807, 2.05) is 43.5 Å². The van der Waals surface area contributed by atoms with Crippen molar-refractivity contribution < 1.29 is 4.79 Å². The maximum Gasteiger partial charge on any atom is 0.220 e. The zero-order chi connectivity index (χ0) is 17.0. The van der Waals surface area contributed by atoms with Gasteiger partial charge in [0.05, 0.1) is 11.7 Å². The van der Waals surface area contributed by atoms with Crippen molar-refractivity contribution in [3.05, 3.63) is 42.2 Å². The summed E-state index contributed by atoms with van der Waals surface area (Å²) in [5, 5.41) is 13.3. The van der Waals surface area contributed by atoms with E-state index < -0.39 is 5.66 Å². The van der Waals surface area contributed by atoms with Crippen LogP contribution < -0.4 is 5.32 Å². The standard InChI is InChI=1S/C19H20N4O/c1-3-4-10-19(22-23-19)11-9-18(24)21-14(2)17-12-15-7-5-6-8-16(15)13-20-17/h1,5-8,12-14H,4,9-11H2,2H3,(H,21,24). The van der Waals surface area contributed by atoms with E-state index in [9.17, 15) is 4.79 Å². The van der Waals surface area contributed by atoms with E-state index in [1.54, 1.807) is 0 Å². The Morgan fingerprint density at radius 1 is 1.29 bits per heavy atom. The highest BCUT2D eigenvalue weighted by Crippen LogP contribution is 2.37. The number of nitrogens with zero attached hydrogens (tertiary/aromatic N) is 3. The minimum atomic E-state index is -0.409. The van der Waals surface area contributed by atoms with Crippen molar-refractivity contribution in [2.75, 3.05) is 0 Å². The Labute approximate surface area is 141 Å². The number of benzene rings is 1. The SMILES string of the molecule is C#CCCC1(CCC(=O)NC(C)c2cc3ccccc3cn2)N=N1. The van der Waals surface area contributed by atoms with Crippen molar-refractivity contribution in [2.24, 2.45) is 10.2 Å². The second kappa shape index (κ2) is 6.79. The molecule has 3 rings (SSSR count). The summed E-state index contributed by atoms with van der Waals surface area (Å²) in [6, 6.07) is 9.91. The molecule has 1 aromatic heterocycles. The van der Waals surface area contributed by atoms with Crippen LogP contribution in [0.5, 0.6) is 0 Å². The number of carbonyl (C=O) groups excluding carboxylic acids is 1. The normalized spacial score (nSPS) is 15.7. The Balaban J connectivity index is 1.54. The van der Waals surface area contributed by atoms with Crippen molar-refractivity contribution >= 4 is 16.7 Å². The fourth-order valence-electron chi connectivity index (χ4n) is 2.71. The minimum absolute atomic E-state index is 0.0187. The van der Waals surface area contributed by atoms with Crippen LogP contribution in [-0.2, 0) is 4.79 Å². The molecule has 1 aliphatic rings. The maximum atomic E-state index is 12.2. The molecule has 0 radical (unpaired) electrons. The molecule has 5 heteroatoms. The van der Waals surface area contributed by atoms with Gasteiger partial charge in [0.1, 0.15) is 0 Å². The van der Waals surface area contributed by atoms with Gasteiger partial charge in [-0.2, -0.15) is 10.2 Å². The van der Waals surface area contributed by atoms with Gasteiger partial charge in [-0.05, 0) is 18.4 Å². The molecule has 5 nitrogen and oxygen atoms in total. The second-order valence-electron chi connectivity index (χ2n) is 6.13. The van der Waals surface area contributed by atoms with E-state index in [0.717, 1.165) is 22.9 Å². The Morgan fingerprint density at radius 3 is 2.75 bits per heavy atom. The molecule has 0 spiro atoms. The van der Waals surface area contributed by atoms with E-state index in [-0.39, 0.29) is 11.9 Å². The van der Waals surface area contributed by atoms with Crippen LogP contribution in [0, 0.1) is 12.3 Å². The predicted octanol–water partition coefficient (Wildman–Crippen LogP) is 3.77. The summed E-state index contributed by atoms with van der Waals surface area (Å²) in [5.41, 5.74) is 0.443. The van der Waals surface area contributed by atoms with Crippen molar-refractivity contribution in [3.63, 3.8) is 0 Å². The average Bonchev–Trinajstić information content (AvgIpc) is 3.38. The molecule has 1 aliphatic heterocycles. The van der Waals surface area contributed by atoms with Crippen LogP contribution in [0.2, 0.25) is 0 Å². The van der Waals surface area contributed by atoms with Crippen molar-refractivity contribution in [1.82, 2.24) is 10.3 Å². The van der Waals surface area contributed by atoms with Crippen LogP contribution >= 0.6 is 0 Å². The number of nitrogens with one attached hydrogen (secondary N) is 1. The van der Waals surface area contributed by atoms with Crippen LogP contribution in [0.3, 0.4) is 0 Å². The van der Waals surface area contributed by atoms with Crippen LogP contribution in [0.4, 0.5) is 0 Å². The number of rotatable bonds is 7. The van der Waals surface area contributed by atoms with Crippen LogP contribution in [-0.4, -0.2) is 16.6 Å². The summed E-state index contributed by atoms with van der Waals surface area (Å²) in [4.78, 5) is 16.6. The van der Waals surface area contributed by atoms with E-state index in [0.29, 0.717) is 19.3 Å². The third-order valence-corrected chi connectivity index (χ3v) is 4.28. The molecule has 0 saturated carbocycles. The molecule has 1 N–H and O–H groups in total. The summed E-state index contributed by atoms with van der Waals surface area (Å²) >= 11 is 0. The van der Waals surface area contributed by atoms with Crippen LogP contribution in [0.15, 0.2) is 46.8 Å². The Bertz CT molecular complexity index is 815. The lowest BCUT2D eigenvalue weighted by molar-refractivity contribution is -0.122. The first-order valence-electron chi connectivity index (χ1n) is 8.13. The summed E-state index contributed by atoms with van der Waals surface area (Å²) in [7, 11) is 0. The molecule has 2 aromatic rings. The van der Waals surface area contributed by atoms with Gasteiger partial charge >= 0.3 is 0 Å². The number of amides is 1. The lowest BCUT2D eigenvalue weighted by atomic mass is 10.0. The van der Waals surface area contributed by atoms with Crippen molar-refractivity contribution in [1.29, 1.82) is 0 Å². The highest BCUT2D eigenvalue weighted by molar-refractivity contribution is 5.82. The zero-order valence-electron chi connectivity index (χ0n) is 13.7. The third-order valence-electron chi connectivity index (χ3n) is 4.28. The molecule has 0 fully saturated rings. The van der Waals surface area contributed by atoms with E-state index >= 15 is 0 Å². The van der Waals surface area contributed by atoms with Gasteiger partial charge in [-0.3, -0.25) is 9.78 Å². The van der Waals surface area contributed by atoms with Crippen LogP contribution in [0.1, 0.15) is 44.3 Å². The van der Waals surface area contributed by atoms with Crippen molar-refractivity contribution in [2.45, 2.75) is 44.3 Å². The predicted molar refractivity (Wildman–Crippen MR) is 93.2 cm³/mol. The van der Waals surface area contributed by atoms with Gasteiger partial charge in [-0.25, -0.2) is 0 Å². The summed E-state index contributed by atoms with van der Waals surface area (Å²) in [5.74, 6) is 2.57. The molecule has 24 heavy (non-hydrogen) atoms. The molecule has 1 unspecified atom stereocenters. The molecule has 2 heterocycles. The summed E-state index contributed by atoms with van der Waals surface area (Å²) in [6.07, 6.45) is 9.45. The van der Waals surface area contributed by atoms with E-state index in [1.165, 1.54) is 0 Å².